The molecule has 0 amide bonds. The Morgan fingerprint density at radius 3 is 2.47 bits per heavy atom. The van der Waals surface area contributed by atoms with Gasteiger partial charge in [-0.15, -0.1) is 0 Å². The highest BCUT2D eigenvalue weighted by Crippen LogP contribution is 2.35. The van der Waals surface area contributed by atoms with Crippen LogP contribution in [0.5, 0.6) is 11.5 Å². The van der Waals surface area contributed by atoms with Crippen molar-refractivity contribution in [2.75, 3.05) is 0 Å². The first kappa shape index (κ1) is 13.5. The number of amidine groups is 1. The first-order chi connectivity index (χ1) is 9.13. The van der Waals surface area contributed by atoms with Crippen molar-refractivity contribution in [2.24, 2.45) is 10.9 Å². The van der Waals surface area contributed by atoms with Crippen molar-refractivity contribution in [3.8, 4) is 11.5 Å². The Bertz CT molecular complexity index is 630. The molecule has 0 atom stereocenters. The molecule has 2 aromatic carbocycles. The van der Waals surface area contributed by atoms with Crippen molar-refractivity contribution in [1.82, 2.24) is 0 Å². The van der Waals surface area contributed by atoms with Gasteiger partial charge in [0, 0.05) is 0 Å². The summed E-state index contributed by atoms with van der Waals surface area (Å²) < 4.78 is 5.66. The van der Waals surface area contributed by atoms with Crippen LogP contribution in [0.1, 0.15) is 5.56 Å². The summed E-state index contributed by atoms with van der Waals surface area (Å²) in [5, 5.41) is 12.4. The van der Waals surface area contributed by atoms with Crippen molar-refractivity contribution >= 4 is 29.0 Å². The Kier molecular flexibility index (Phi) is 4.14. The highest BCUT2D eigenvalue weighted by molar-refractivity contribution is 6.42. The molecule has 0 bridgehead atoms. The molecule has 0 heterocycles. The molecule has 0 unspecified atom stereocenters. The van der Waals surface area contributed by atoms with Crippen LogP contribution in [0.2, 0.25) is 10.0 Å². The Morgan fingerprint density at radius 2 is 1.74 bits per heavy atom. The number of nitrogens with zero attached hydrogens (tertiary/aromatic N) is 1. The number of benzene rings is 2. The summed E-state index contributed by atoms with van der Waals surface area (Å²) in [6, 6.07) is 11.9. The molecule has 0 radical (unpaired) electrons. The van der Waals surface area contributed by atoms with Crippen molar-refractivity contribution in [1.29, 1.82) is 0 Å². The van der Waals surface area contributed by atoms with Crippen molar-refractivity contribution < 1.29 is 9.94 Å². The van der Waals surface area contributed by atoms with Crippen LogP contribution in [0.15, 0.2) is 47.6 Å². The maximum absolute atomic E-state index is 8.74. The average molecular weight is 297 g/mol. The SMILES string of the molecule is N/C(=N\O)c1ccccc1Oc1cccc(Cl)c1Cl. The summed E-state index contributed by atoms with van der Waals surface area (Å²) in [6.07, 6.45) is 0. The minimum absolute atomic E-state index is 0.0475. The van der Waals surface area contributed by atoms with Crippen LogP contribution < -0.4 is 10.5 Å². The van der Waals surface area contributed by atoms with Crippen LogP contribution in [-0.2, 0) is 0 Å². The second-order valence-electron chi connectivity index (χ2n) is 3.64. The van der Waals surface area contributed by atoms with Gasteiger partial charge in [-0.05, 0) is 24.3 Å². The van der Waals surface area contributed by atoms with Crippen molar-refractivity contribution in [3.05, 3.63) is 58.1 Å². The van der Waals surface area contributed by atoms with Crippen LogP contribution in [0.4, 0.5) is 0 Å². The molecule has 0 aliphatic carbocycles. The number of nitrogens with two attached hydrogens (primary N) is 1. The predicted molar refractivity (Wildman–Crippen MR) is 75.5 cm³/mol. The third-order valence-corrected chi connectivity index (χ3v) is 3.21. The molecule has 4 nitrogen and oxygen atoms in total. The smallest absolute Gasteiger partial charge is 0.173 e. The molecule has 2 rings (SSSR count). The van der Waals surface area contributed by atoms with Crippen LogP contribution in [-0.4, -0.2) is 11.0 Å². The lowest BCUT2D eigenvalue weighted by atomic mass is 10.2. The summed E-state index contributed by atoms with van der Waals surface area (Å²) in [6.45, 7) is 0. The summed E-state index contributed by atoms with van der Waals surface area (Å²) in [7, 11) is 0. The Labute approximate surface area is 120 Å². The lowest BCUT2D eigenvalue weighted by Crippen LogP contribution is -2.14. The van der Waals surface area contributed by atoms with Gasteiger partial charge in [-0.25, -0.2) is 0 Å². The molecule has 2 aromatic rings. The fourth-order valence-corrected chi connectivity index (χ4v) is 1.83. The van der Waals surface area contributed by atoms with E-state index in [0.29, 0.717) is 27.1 Å². The minimum Gasteiger partial charge on any atom is -0.455 e. The molecule has 0 spiro atoms. The molecule has 3 N–H and O–H groups in total. The van der Waals surface area contributed by atoms with E-state index in [9.17, 15) is 0 Å². The summed E-state index contributed by atoms with van der Waals surface area (Å²) in [4.78, 5) is 0. The molecule has 0 aromatic heterocycles. The lowest BCUT2D eigenvalue weighted by molar-refractivity contribution is 0.318. The molecule has 6 heteroatoms. The predicted octanol–water partition coefficient (Wildman–Crippen LogP) is 3.88. The molecule has 0 fully saturated rings. The fourth-order valence-electron chi connectivity index (χ4n) is 1.50. The average Bonchev–Trinajstić information content (AvgIpc) is 2.43. The highest BCUT2D eigenvalue weighted by Gasteiger charge is 2.11. The van der Waals surface area contributed by atoms with Gasteiger partial charge in [0.1, 0.15) is 16.5 Å². The maximum atomic E-state index is 8.74. The number of para-hydroxylation sites is 1. The standard InChI is InChI=1S/C13H10Cl2N2O2/c14-9-5-3-7-11(12(9)15)19-10-6-2-1-4-8(10)13(16)17-18/h1-7,18H,(H2,16,17). The molecule has 0 aliphatic heterocycles. The number of hydrogen-bond donors (Lipinski definition) is 2. The second kappa shape index (κ2) is 5.82. The van der Waals surface area contributed by atoms with E-state index in [0.717, 1.165) is 0 Å². The lowest BCUT2D eigenvalue weighted by Gasteiger charge is -2.11. The number of oxime groups is 1. The van der Waals surface area contributed by atoms with Crippen molar-refractivity contribution in [2.45, 2.75) is 0 Å². The van der Waals surface area contributed by atoms with E-state index in [2.05, 4.69) is 5.16 Å². The zero-order chi connectivity index (χ0) is 13.8. The summed E-state index contributed by atoms with van der Waals surface area (Å²) in [5.41, 5.74) is 6.04. The van der Waals surface area contributed by atoms with Gasteiger partial charge in [0.15, 0.2) is 5.84 Å². The number of halogens is 2. The van der Waals surface area contributed by atoms with Gasteiger partial charge >= 0.3 is 0 Å². The van der Waals surface area contributed by atoms with E-state index in [4.69, 9.17) is 38.9 Å². The van der Waals surface area contributed by atoms with Crippen LogP contribution in [0, 0.1) is 0 Å². The molecular weight excluding hydrogens is 287 g/mol. The van der Waals surface area contributed by atoms with Gasteiger partial charge in [0.2, 0.25) is 0 Å². The van der Waals surface area contributed by atoms with Gasteiger partial charge in [0.05, 0.1) is 10.6 Å². The number of rotatable bonds is 3. The maximum Gasteiger partial charge on any atom is 0.173 e. The molecule has 19 heavy (non-hydrogen) atoms. The topological polar surface area (TPSA) is 67.8 Å². The number of hydrogen-bond acceptors (Lipinski definition) is 3. The van der Waals surface area contributed by atoms with E-state index in [1.54, 1.807) is 42.5 Å². The molecule has 0 saturated carbocycles. The fraction of sp³-hybridized carbons (Fsp3) is 0. The quantitative estimate of drug-likeness (QED) is 0.391. The summed E-state index contributed by atoms with van der Waals surface area (Å²) in [5.74, 6) is 0.767. The van der Waals surface area contributed by atoms with E-state index in [1.165, 1.54) is 0 Å². The highest BCUT2D eigenvalue weighted by atomic mass is 35.5. The largest absolute Gasteiger partial charge is 0.455 e. The summed E-state index contributed by atoms with van der Waals surface area (Å²) >= 11 is 12.0. The van der Waals surface area contributed by atoms with Crippen LogP contribution >= 0.6 is 23.2 Å². The van der Waals surface area contributed by atoms with Crippen LogP contribution in [0.25, 0.3) is 0 Å². The molecule has 98 valence electrons. The van der Waals surface area contributed by atoms with Gasteiger partial charge in [-0.1, -0.05) is 46.6 Å². The Hall–Kier alpha value is -1.91. The van der Waals surface area contributed by atoms with E-state index >= 15 is 0 Å². The number of ether oxygens (including phenoxy) is 1. The first-order valence-corrected chi connectivity index (χ1v) is 6.08. The van der Waals surface area contributed by atoms with E-state index < -0.39 is 0 Å². The minimum atomic E-state index is -0.0475. The zero-order valence-corrected chi connectivity index (χ0v) is 11.2. The third-order valence-electron chi connectivity index (χ3n) is 2.41. The Morgan fingerprint density at radius 1 is 1.05 bits per heavy atom. The van der Waals surface area contributed by atoms with E-state index in [1.807, 2.05) is 0 Å². The van der Waals surface area contributed by atoms with Crippen molar-refractivity contribution in [3.63, 3.8) is 0 Å². The molecule has 0 saturated heterocycles. The monoisotopic (exact) mass is 296 g/mol. The molecule has 0 aliphatic rings. The Balaban J connectivity index is 2.42. The zero-order valence-electron chi connectivity index (χ0n) is 9.68. The van der Waals surface area contributed by atoms with Gasteiger partial charge in [-0.2, -0.15) is 0 Å². The van der Waals surface area contributed by atoms with Gasteiger partial charge in [-0.3, -0.25) is 0 Å². The van der Waals surface area contributed by atoms with Gasteiger partial charge in [0.25, 0.3) is 0 Å². The normalized spacial score (nSPS) is 11.4. The second-order valence-corrected chi connectivity index (χ2v) is 4.42. The molecular formula is C13H10Cl2N2O2. The van der Waals surface area contributed by atoms with Crippen LogP contribution in [0.3, 0.4) is 0 Å². The van der Waals surface area contributed by atoms with Gasteiger partial charge < -0.3 is 15.7 Å². The third kappa shape index (κ3) is 2.92. The van der Waals surface area contributed by atoms with E-state index in [-0.39, 0.29) is 5.84 Å². The first-order valence-electron chi connectivity index (χ1n) is 5.32.